The van der Waals surface area contributed by atoms with E-state index in [0.717, 1.165) is 16.8 Å². The lowest BCUT2D eigenvalue weighted by molar-refractivity contribution is 0.189. The summed E-state index contributed by atoms with van der Waals surface area (Å²) in [5, 5.41) is 8.35. The lowest BCUT2D eigenvalue weighted by Crippen LogP contribution is -2.50. The molecule has 0 N–H and O–H groups in total. The van der Waals surface area contributed by atoms with Crippen LogP contribution in [-0.4, -0.2) is 40.8 Å². The van der Waals surface area contributed by atoms with Gasteiger partial charge < -0.3 is 0 Å². The van der Waals surface area contributed by atoms with Gasteiger partial charge in [-0.05, 0) is 49.9 Å². The molecular weight excluding hydrogens is 312 g/mol. The molecule has 2 fully saturated rings. The molecule has 0 amide bonds. The number of rotatable bonds is 4. The van der Waals surface area contributed by atoms with E-state index in [4.69, 9.17) is 0 Å². The Labute approximate surface area is 136 Å². The predicted octanol–water partition coefficient (Wildman–Crippen LogP) is 2.02. The maximum atomic E-state index is 12.7. The summed E-state index contributed by atoms with van der Waals surface area (Å²) >= 11 is 0. The SMILES string of the molecule is Cc1ccc(S(=O)(=O)N2CC(n3cc(C4CC4)nn3)C2)cc1C. The fourth-order valence-corrected chi connectivity index (χ4v) is 4.44. The average Bonchev–Trinajstić information content (AvgIpc) is 3.20. The molecule has 7 heteroatoms. The summed E-state index contributed by atoms with van der Waals surface area (Å²) < 4.78 is 28.7. The van der Waals surface area contributed by atoms with Gasteiger partial charge in [-0.15, -0.1) is 5.10 Å². The molecule has 122 valence electrons. The van der Waals surface area contributed by atoms with E-state index in [1.807, 2.05) is 30.8 Å². The van der Waals surface area contributed by atoms with Gasteiger partial charge in [0.2, 0.25) is 10.0 Å². The van der Waals surface area contributed by atoms with Crippen LogP contribution in [0.3, 0.4) is 0 Å². The monoisotopic (exact) mass is 332 g/mol. The van der Waals surface area contributed by atoms with Crippen molar-refractivity contribution in [3.63, 3.8) is 0 Å². The van der Waals surface area contributed by atoms with Crippen LogP contribution in [0.15, 0.2) is 29.3 Å². The molecule has 1 aliphatic carbocycles. The van der Waals surface area contributed by atoms with Crippen LogP contribution in [0.4, 0.5) is 0 Å². The van der Waals surface area contributed by atoms with Crippen LogP contribution in [0.25, 0.3) is 0 Å². The minimum absolute atomic E-state index is 0.0938. The van der Waals surface area contributed by atoms with E-state index in [1.54, 1.807) is 12.1 Å². The van der Waals surface area contributed by atoms with Crippen LogP contribution in [-0.2, 0) is 10.0 Å². The summed E-state index contributed by atoms with van der Waals surface area (Å²) in [6.07, 6.45) is 4.36. The van der Waals surface area contributed by atoms with Gasteiger partial charge in [-0.3, -0.25) is 0 Å². The second-order valence-corrected chi connectivity index (χ2v) is 8.56. The highest BCUT2D eigenvalue weighted by atomic mass is 32.2. The first-order valence-electron chi connectivity index (χ1n) is 7.94. The Bertz CT molecular complexity index is 849. The second-order valence-electron chi connectivity index (χ2n) is 6.62. The number of benzene rings is 1. The molecule has 2 heterocycles. The number of hydrogen-bond acceptors (Lipinski definition) is 4. The highest BCUT2D eigenvalue weighted by molar-refractivity contribution is 7.89. The quantitative estimate of drug-likeness (QED) is 0.859. The summed E-state index contributed by atoms with van der Waals surface area (Å²) in [7, 11) is -3.41. The molecule has 0 unspecified atom stereocenters. The van der Waals surface area contributed by atoms with Crippen molar-refractivity contribution in [2.24, 2.45) is 0 Å². The first kappa shape index (κ1) is 14.8. The molecule has 2 aromatic rings. The molecule has 0 bridgehead atoms. The van der Waals surface area contributed by atoms with Crippen LogP contribution < -0.4 is 0 Å². The third-order valence-electron chi connectivity index (χ3n) is 4.84. The Morgan fingerprint density at radius 2 is 1.87 bits per heavy atom. The predicted molar refractivity (Wildman–Crippen MR) is 85.7 cm³/mol. The van der Waals surface area contributed by atoms with Crippen LogP contribution in [0.1, 0.15) is 41.6 Å². The van der Waals surface area contributed by atoms with Crippen LogP contribution in [0.5, 0.6) is 0 Å². The van der Waals surface area contributed by atoms with Gasteiger partial charge in [-0.2, -0.15) is 4.31 Å². The zero-order valence-electron chi connectivity index (χ0n) is 13.3. The molecule has 0 atom stereocenters. The van der Waals surface area contributed by atoms with Crippen LogP contribution in [0, 0.1) is 13.8 Å². The number of aromatic nitrogens is 3. The Balaban J connectivity index is 1.48. The zero-order valence-corrected chi connectivity index (χ0v) is 14.1. The molecule has 0 spiro atoms. The van der Waals surface area contributed by atoms with Crippen molar-refractivity contribution in [3.05, 3.63) is 41.2 Å². The van der Waals surface area contributed by atoms with Crippen molar-refractivity contribution < 1.29 is 8.42 Å². The van der Waals surface area contributed by atoms with Crippen molar-refractivity contribution in [1.29, 1.82) is 0 Å². The van der Waals surface area contributed by atoms with E-state index >= 15 is 0 Å². The number of sulfonamides is 1. The topological polar surface area (TPSA) is 68.1 Å². The lowest BCUT2D eigenvalue weighted by Gasteiger charge is -2.37. The molecule has 6 nitrogen and oxygen atoms in total. The Morgan fingerprint density at radius 1 is 1.13 bits per heavy atom. The Hall–Kier alpha value is -1.73. The van der Waals surface area contributed by atoms with E-state index in [2.05, 4.69) is 10.3 Å². The van der Waals surface area contributed by atoms with Gasteiger partial charge in [0.15, 0.2) is 0 Å². The van der Waals surface area contributed by atoms with E-state index in [1.165, 1.54) is 17.1 Å². The van der Waals surface area contributed by atoms with Gasteiger partial charge in [0.1, 0.15) is 0 Å². The van der Waals surface area contributed by atoms with E-state index in [-0.39, 0.29) is 6.04 Å². The molecular formula is C16H20N4O2S. The number of hydrogen-bond donors (Lipinski definition) is 0. The largest absolute Gasteiger partial charge is 0.247 e. The van der Waals surface area contributed by atoms with Crippen LogP contribution >= 0.6 is 0 Å². The van der Waals surface area contributed by atoms with E-state index in [9.17, 15) is 8.42 Å². The molecule has 1 saturated carbocycles. The Kier molecular flexibility index (Phi) is 3.32. The number of nitrogens with zero attached hydrogens (tertiary/aromatic N) is 4. The standard InChI is InChI=1S/C16H20N4O2S/c1-11-3-6-15(7-12(11)2)23(21,22)19-8-14(9-19)20-10-16(17-18-20)13-4-5-13/h3,6-7,10,13-14H,4-5,8-9H2,1-2H3. The third kappa shape index (κ3) is 2.57. The average molecular weight is 332 g/mol. The van der Waals surface area contributed by atoms with E-state index in [0.29, 0.717) is 23.9 Å². The summed E-state index contributed by atoms with van der Waals surface area (Å²) in [5.74, 6) is 0.569. The van der Waals surface area contributed by atoms with Crippen molar-refractivity contribution in [2.45, 2.75) is 43.5 Å². The Morgan fingerprint density at radius 3 is 2.52 bits per heavy atom. The minimum atomic E-state index is -3.41. The molecule has 0 radical (unpaired) electrons. The van der Waals surface area contributed by atoms with Crippen LogP contribution in [0.2, 0.25) is 0 Å². The summed E-state index contributed by atoms with van der Waals surface area (Å²) in [5.41, 5.74) is 3.13. The first-order chi connectivity index (χ1) is 10.9. The van der Waals surface area contributed by atoms with Gasteiger partial charge >= 0.3 is 0 Å². The second kappa shape index (κ2) is 5.14. The van der Waals surface area contributed by atoms with E-state index < -0.39 is 10.0 Å². The molecule has 1 saturated heterocycles. The maximum absolute atomic E-state index is 12.7. The van der Waals surface area contributed by atoms with Crippen molar-refractivity contribution in [2.75, 3.05) is 13.1 Å². The lowest BCUT2D eigenvalue weighted by atomic mass is 10.1. The van der Waals surface area contributed by atoms with Crippen molar-refractivity contribution >= 4 is 10.0 Å². The molecule has 23 heavy (non-hydrogen) atoms. The summed E-state index contributed by atoms with van der Waals surface area (Å²) in [6, 6.07) is 5.39. The fourth-order valence-electron chi connectivity index (χ4n) is 2.84. The zero-order chi connectivity index (χ0) is 16.2. The fraction of sp³-hybridized carbons (Fsp3) is 0.500. The van der Waals surface area contributed by atoms with Gasteiger partial charge in [0.05, 0.1) is 16.6 Å². The molecule has 2 aliphatic rings. The van der Waals surface area contributed by atoms with Crippen molar-refractivity contribution in [3.8, 4) is 0 Å². The summed E-state index contributed by atoms with van der Waals surface area (Å²) in [6.45, 7) is 4.83. The molecule has 1 aromatic carbocycles. The third-order valence-corrected chi connectivity index (χ3v) is 6.67. The minimum Gasteiger partial charge on any atom is -0.247 e. The summed E-state index contributed by atoms with van der Waals surface area (Å²) in [4.78, 5) is 0.372. The van der Waals surface area contributed by atoms with Gasteiger partial charge in [0, 0.05) is 25.2 Å². The normalized spacial score (nSPS) is 19.7. The molecule has 1 aromatic heterocycles. The smallest absolute Gasteiger partial charge is 0.243 e. The van der Waals surface area contributed by atoms with Crippen molar-refractivity contribution in [1.82, 2.24) is 19.3 Å². The molecule has 1 aliphatic heterocycles. The maximum Gasteiger partial charge on any atom is 0.243 e. The highest BCUT2D eigenvalue weighted by Gasteiger charge is 2.39. The highest BCUT2D eigenvalue weighted by Crippen LogP contribution is 2.39. The molecule has 4 rings (SSSR count). The first-order valence-corrected chi connectivity index (χ1v) is 9.38. The van der Waals surface area contributed by atoms with Gasteiger partial charge in [-0.1, -0.05) is 11.3 Å². The van der Waals surface area contributed by atoms with Gasteiger partial charge in [-0.25, -0.2) is 13.1 Å². The van der Waals surface area contributed by atoms with Gasteiger partial charge in [0.25, 0.3) is 0 Å². The number of aryl methyl sites for hydroxylation is 2.